The van der Waals surface area contributed by atoms with E-state index in [4.69, 9.17) is 10.2 Å². The molecule has 3 heteroatoms. The maximum Gasteiger partial charge on any atom is 0.148 e. The number of carbonyl (C=O) groups is 1. The number of carbonyl (C=O) groups excluding carboxylic acids is 1. The molecule has 0 saturated heterocycles. The molecule has 0 saturated carbocycles. The van der Waals surface area contributed by atoms with Crippen molar-refractivity contribution in [3.63, 3.8) is 0 Å². The first-order chi connectivity index (χ1) is 4.75. The van der Waals surface area contributed by atoms with Gasteiger partial charge in [0.15, 0.2) is 0 Å². The molecule has 0 aromatic carbocycles. The Kier molecular flexibility index (Phi) is 2.19. The highest BCUT2D eigenvalue weighted by Gasteiger charge is 2.27. The van der Waals surface area contributed by atoms with E-state index >= 15 is 0 Å². The van der Waals surface area contributed by atoms with Crippen molar-refractivity contribution < 1.29 is 15.0 Å². The van der Waals surface area contributed by atoms with Gasteiger partial charge < -0.3 is 15.0 Å². The van der Waals surface area contributed by atoms with Crippen LogP contribution in [0.5, 0.6) is 0 Å². The first kappa shape index (κ1) is 7.44. The van der Waals surface area contributed by atoms with Gasteiger partial charge in [0.05, 0.1) is 6.10 Å². The first-order valence-electron chi connectivity index (χ1n) is 3.24. The molecule has 56 valence electrons. The number of aliphatic hydroxyl groups excluding tert-OH is 2. The molecular weight excluding hydrogens is 132 g/mol. The standard InChI is InChI=1S/C7H10O3/c8-4-7(10)5-2-1-3-6(5)9/h1,3-7,9-10H,2H2/t5-,6?,7?/m0/s1. The Hall–Kier alpha value is -0.670. The van der Waals surface area contributed by atoms with E-state index in [9.17, 15) is 4.79 Å². The average Bonchev–Trinajstić information content (AvgIpc) is 2.34. The summed E-state index contributed by atoms with van der Waals surface area (Å²) in [6, 6.07) is 0. The van der Waals surface area contributed by atoms with Crippen LogP contribution >= 0.6 is 0 Å². The predicted molar refractivity (Wildman–Crippen MR) is 35.3 cm³/mol. The number of allylic oxidation sites excluding steroid dienone is 1. The van der Waals surface area contributed by atoms with Crippen molar-refractivity contribution in [3.8, 4) is 0 Å². The molecule has 10 heavy (non-hydrogen) atoms. The molecule has 1 aliphatic rings. The Morgan fingerprint density at radius 1 is 1.70 bits per heavy atom. The van der Waals surface area contributed by atoms with E-state index < -0.39 is 12.2 Å². The SMILES string of the molecule is O=CC(O)[C@H]1CC=CC1O. The molecule has 2 N–H and O–H groups in total. The van der Waals surface area contributed by atoms with Crippen LogP contribution in [-0.4, -0.2) is 28.7 Å². The lowest BCUT2D eigenvalue weighted by Crippen LogP contribution is -2.28. The van der Waals surface area contributed by atoms with Crippen molar-refractivity contribution in [2.75, 3.05) is 0 Å². The van der Waals surface area contributed by atoms with E-state index in [1.807, 2.05) is 0 Å². The van der Waals surface area contributed by atoms with Crippen molar-refractivity contribution in [1.29, 1.82) is 0 Å². The topological polar surface area (TPSA) is 57.5 Å². The Balaban J connectivity index is 2.50. The molecule has 0 aromatic heterocycles. The van der Waals surface area contributed by atoms with Crippen LogP contribution in [0.25, 0.3) is 0 Å². The van der Waals surface area contributed by atoms with Gasteiger partial charge in [-0.2, -0.15) is 0 Å². The van der Waals surface area contributed by atoms with Crippen molar-refractivity contribution in [2.45, 2.75) is 18.6 Å². The largest absolute Gasteiger partial charge is 0.389 e. The van der Waals surface area contributed by atoms with E-state index in [0.29, 0.717) is 12.7 Å². The van der Waals surface area contributed by atoms with Crippen LogP contribution in [0.1, 0.15) is 6.42 Å². The highest BCUT2D eigenvalue weighted by molar-refractivity contribution is 5.56. The lowest BCUT2D eigenvalue weighted by atomic mass is 9.99. The molecule has 0 radical (unpaired) electrons. The third-order valence-electron chi connectivity index (χ3n) is 1.76. The minimum Gasteiger partial charge on any atom is -0.389 e. The van der Waals surface area contributed by atoms with Crippen molar-refractivity contribution in [1.82, 2.24) is 0 Å². The lowest BCUT2D eigenvalue weighted by molar-refractivity contribution is -0.118. The fraction of sp³-hybridized carbons (Fsp3) is 0.571. The van der Waals surface area contributed by atoms with Gasteiger partial charge in [-0.1, -0.05) is 12.2 Å². The average molecular weight is 142 g/mol. The molecule has 1 aliphatic carbocycles. The number of hydrogen-bond acceptors (Lipinski definition) is 3. The minimum absolute atomic E-state index is 0.322. The number of hydrogen-bond donors (Lipinski definition) is 2. The van der Waals surface area contributed by atoms with Crippen LogP contribution in [0.4, 0.5) is 0 Å². The number of rotatable bonds is 2. The van der Waals surface area contributed by atoms with Gasteiger partial charge in [-0.25, -0.2) is 0 Å². The van der Waals surface area contributed by atoms with Gasteiger partial charge in [0.1, 0.15) is 12.4 Å². The predicted octanol–water partition coefficient (Wildman–Crippen LogP) is -0.517. The molecule has 3 atom stereocenters. The van der Waals surface area contributed by atoms with E-state index in [-0.39, 0.29) is 5.92 Å². The zero-order valence-electron chi connectivity index (χ0n) is 5.47. The fourth-order valence-electron chi connectivity index (χ4n) is 1.10. The quantitative estimate of drug-likeness (QED) is 0.403. The second kappa shape index (κ2) is 2.94. The third kappa shape index (κ3) is 1.25. The van der Waals surface area contributed by atoms with Crippen molar-refractivity contribution in [2.24, 2.45) is 5.92 Å². The van der Waals surface area contributed by atoms with Crippen molar-refractivity contribution >= 4 is 6.29 Å². The second-order valence-corrected chi connectivity index (χ2v) is 2.44. The number of aldehydes is 1. The van der Waals surface area contributed by atoms with Gasteiger partial charge in [-0.15, -0.1) is 0 Å². The van der Waals surface area contributed by atoms with E-state index in [2.05, 4.69) is 0 Å². The summed E-state index contributed by atoms with van der Waals surface area (Å²) in [7, 11) is 0. The Morgan fingerprint density at radius 3 is 2.80 bits per heavy atom. The van der Waals surface area contributed by atoms with Gasteiger partial charge in [-0.3, -0.25) is 0 Å². The zero-order valence-corrected chi connectivity index (χ0v) is 5.47. The van der Waals surface area contributed by atoms with Crippen LogP contribution in [-0.2, 0) is 4.79 Å². The maximum absolute atomic E-state index is 10.0. The molecule has 0 spiro atoms. The minimum atomic E-state index is -1.02. The van der Waals surface area contributed by atoms with E-state index in [1.54, 1.807) is 12.2 Å². The summed E-state index contributed by atoms with van der Waals surface area (Å²) < 4.78 is 0. The van der Waals surface area contributed by atoms with Crippen molar-refractivity contribution in [3.05, 3.63) is 12.2 Å². The van der Waals surface area contributed by atoms with E-state index in [1.165, 1.54) is 0 Å². The highest BCUT2D eigenvalue weighted by Crippen LogP contribution is 2.20. The van der Waals surface area contributed by atoms with Crippen LogP contribution in [0, 0.1) is 5.92 Å². The second-order valence-electron chi connectivity index (χ2n) is 2.44. The monoisotopic (exact) mass is 142 g/mol. The molecule has 2 unspecified atom stereocenters. The van der Waals surface area contributed by atoms with Gasteiger partial charge >= 0.3 is 0 Å². The van der Waals surface area contributed by atoms with Gasteiger partial charge in [0.2, 0.25) is 0 Å². The van der Waals surface area contributed by atoms with Crippen LogP contribution < -0.4 is 0 Å². The Labute approximate surface area is 59.0 Å². The zero-order chi connectivity index (χ0) is 7.56. The molecule has 0 heterocycles. The smallest absolute Gasteiger partial charge is 0.148 e. The van der Waals surface area contributed by atoms with Crippen LogP contribution in [0.3, 0.4) is 0 Å². The molecule has 3 nitrogen and oxygen atoms in total. The maximum atomic E-state index is 10.0. The molecule has 0 fully saturated rings. The number of aliphatic hydroxyl groups is 2. The summed E-state index contributed by atoms with van der Waals surface area (Å²) in [4.78, 5) is 10.0. The van der Waals surface area contributed by atoms with Gasteiger partial charge in [0, 0.05) is 5.92 Å². The Morgan fingerprint density at radius 2 is 2.40 bits per heavy atom. The molecule has 0 aromatic rings. The third-order valence-corrected chi connectivity index (χ3v) is 1.76. The van der Waals surface area contributed by atoms with Gasteiger partial charge in [0.25, 0.3) is 0 Å². The summed E-state index contributed by atoms with van der Waals surface area (Å²) in [6.07, 6.45) is 2.73. The molecule has 0 aliphatic heterocycles. The lowest BCUT2D eigenvalue weighted by Gasteiger charge is -2.15. The van der Waals surface area contributed by atoms with Crippen LogP contribution in [0.2, 0.25) is 0 Å². The summed E-state index contributed by atoms with van der Waals surface area (Å²) in [5.74, 6) is -0.322. The molecule has 0 bridgehead atoms. The molecular formula is C7H10O3. The summed E-state index contributed by atoms with van der Waals surface area (Å²) in [5.41, 5.74) is 0. The fourth-order valence-corrected chi connectivity index (χ4v) is 1.10. The summed E-state index contributed by atoms with van der Waals surface area (Å²) in [6.45, 7) is 0. The summed E-state index contributed by atoms with van der Waals surface area (Å²) >= 11 is 0. The highest BCUT2D eigenvalue weighted by atomic mass is 16.3. The molecule has 1 rings (SSSR count). The first-order valence-corrected chi connectivity index (χ1v) is 3.24. The van der Waals surface area contributed by atoms with E-state index in [0.717, 1.165) is 0 Å². The normalized spacial score (nSPS) is 34.2. The van der Waals surface area contributed by atoms with Crippen LogP contribution in [0.15, 0.2) is 12.2 Å². The van der Waals surface area contributed by atoms with Gasteiger partial charge in [-0.05, 0) is 6.42 Å². The Bertz CT molecular complexity index is 153. The molecule has 0 amide bonds. The summed E-state index contributed by atoms with van der Waals surface area (Å²) in [5, 5.41) is 18.0.